The van der Waals surface area contributed by atoms with Crippen molar-refractivity contribution in [3.05, 3.63) is 65.0 Å². The Bertz CT molecular complexity index is 689. The molecular formula is C15H10F5NO. The molecule has 1 amide bonds. The lowest BCUT2D eigenvalue weighted by Crippen LogP contribution is -2.21. The van der Waals surface area contributed by atoms with Crippen LogP contribution in [0.4, 0.5) is 27.6 Å². The van der Waals surface area contributed by atoms with Crippen LogP contribution in [0.5, 0.6) is 0 Å². The number of rotatable bonds is 3. The second kappa shape index (κ2) is 6.13. The summed E-state index contributed by atoms with van der Waals surface area (Å²) in [5, 5.41) is 1.75. The fraction of sp³-hybridized carbons (Fsp3) is 0.133. The number of halogens is 5. The van der Waals surface area contributed by atoms with Crippen LogP contribution in [0.25, 0.3) is 0 Å². The summed E-state index contributed by atoms with van der Waals surface area (Å²) in [5.41, 5.74) is -0.826. The van der Waals surface area contributed by atoms with E-state index in [4.69, 9.17) is 0 Å². The predicted molar refractivity (Wildman–Crippen MR) is 69.7 cm³/mol. The quantitative estimate of drug-likeness (QED) is 0.515. The topological polar surface area (TPSA) is 29.1 Å². The smallest absolute Gasteiger partial charge is 0.231 e. The van der Waals surface area contributed by atoms with Gasteiger partial charge in [0.25, 0.3) is 0 Å². The third-order valence-corrected chi connectivity index (χ3v) is 3.15. The first-order valence-electron chi connectivity index (χ1n) is 6.21. The maximum Gasteiger partial charge on any atom is 0.231 e. The first-order chi connectivity index (χ1) is 10.3. The molecule has 0 unspecified atom stereocenters. The van der Waals surface area contributed by atoms with Gasteiger partial charge in [-0.2, -0.15) is 0 Å². The highest BCUT2D eigenvalue weighted by molar-refractivity contribution is 5.95. The number of hydrogen-bond donors (Lipinski definition) is 1. The van der Waals surface area contributed by atoms with Gasteiger partial charge in [-0.25, -0.2) is 22.0 Å². The Morgan fingerprint density at radius 3 is 1.82 bits per heavy atom. The lowest BCUT2D eigenvalue weighted by molar-refractivity contribution is -0.117. The largest absolute Gasteiger partial charge is 0.320 e. The van der Waals surface area contributed by atoms with Crippen LogP contribution in [0.3, 0.4) is 0 Å². The van der Waals surface area contributed by atoms with E-state index in [2.05, 4.69) is 0 Å². The molecule has 0 saturated carbocycles. The molecule has 0 bridgehead atoms. The molecule has 0 saturated heterocycles. The maximum atomic E-state index is 13.5. The molecule has 2 nitrogen and oxygen atoms in total. The number of nitrogens with one attached hydrogen (secondary N) is 1. The Hall–Kier alpha value is -2.44. The molecule has 2 aromatic rings. The van der Waals surface area contributed by atoms with Gasteiger partial charge in [0.2, 0.25) is 11.7 Å². The molecule has 0 aliphatic heterocycles. The monoisotopic (exact) mass is 315 g/mol. The van der Waals surface area contributed by atoms with Gasteiger partial charge in [0.1, 0.15) is 5.69 Å². The normalized spacial score (nSPS) is 12.1. The Balaban J connectivity index is 2.34. The van der Waals surface area contributed by atoms with Crippen molar-refractivity contribution in [2.75, 3.05) is 5.32 Å². The molecule has 0 fully saturated rings. The molecule has 116 valence electrons. The van der Waals surface area contributed by atoms with Crippen LogP contribution >= 0.6 is 0 Å². The third kappa shape index (κ3) is 2.79. The van der Waals surface area contributed by atoms with E-state index >= 15 is 0 Å². The van der Waals surface area contributed by atoms with Crippen molar-refractivity contribution in [1.29, 1.82) is 0 Å². The molecule has 7 heteroatoms. The van der Waals surface area contributed by atoms with Crippen LogP contribution in [0, 0.1) is 29.1 Å². The molecule has 0 spiro atoms. The lowest BCUT2D eigenvalue weighted by Gasteiger charge is -2.14. The fourth-order valence-corrected chi connectivity index (χ4v) is 1.84. The molecule has 0 aliphatic carbocycles. The molecule has 0 aliphatic rings. The van der Waals surface area contributed by atoms with Crippen molar-refractivity contribution >= 4 is 11.6 Å². The molecule has 0 radical (unpaired) electrons. The first kappa shape index (κ1) is 15.9. The Labute approximate surface area is 122 Å². The number of hydrogen-bond acceptors (Lipinski definition) is 1. The van der Waals surface area contributed by atoms with Crippen LogP contribution in [-0.2, 0) is 4.79 Å². The van der Waals surface area contributed by atoms with Gasteiger partial charge in [0.15, 0.2) is 23.3 Å². The second-order valence-corrected chi connectivity index (χ2v) is 4.57. The zero-order chi connectivity index (χ0) is 16.4. The van der Waals surface area contributed by atoms with Crippen molar-refractivity contribution < 1.29 is 26.7 Å². The highest BCUT2D eigenvalue weighted by atomic mass is 19.2. The summed E-state index contributed by atoms with van der Waals surface area (Å²) in [6.45, 7) is 1.44. The van der Waals surface area contributed by atoms with E-state index in [-0.39, 0.29) is 0 Å². The number of benzene rings is 2. The average molecular weight is 315 g/mol. The van der Waals surface area contributed by atoms with Crippen molar-refractivity contribution in [3.63, 3.8) is 0 Å². The zero-order valence-electron chi connectivity index (χ0n) is 11.3. The molecule has 22 heavy (non-hydrogen) atoms. The summed E-state index contributed by atoms with van der Waals surface area (Å²) in [6.07, 6.45) is 0. The van der Waals surface area contributed by atoms with E-state index in [1.54, 1.807) is 35.6 Å². The summed E-state index contributed by atoms with van der Waals surface area (Å²) < 4.78 is 66.0. The molecular weight excluding hydrogens is 305 g/mol. The number of carbonyl (C=O) groups is 1. The van der Waals surface area contributed by atoms with Crippen molar-refractivity contribution in [2.24, 2.45) is 0 Å². The molecule has 2 aromatic carbocycles. The van der Waals surface area contributed by atoms with E-state index in [1.165, 1.54) is 6.92 Å². The van der Waals surface area contributed by atoms with E-state index in [0.29, 0.717) is 5.56 Å². The highest BCUT2D eigenvalue weighted by Crippen LogP contribution is 2.28. The van der Waals surface area contributed by atoms with Gasteiger partial charge in [-0.1, -0.05) is 30.3 Å². The van der Waals surface area contributed by atoms with Gasteiger partial charge < -0.3 is 5.32 Å². The second-order valence-electron chi connectivity index (χ2n) is 4.57. The van der Waals surface area contributed by atoms with E-state index < -0.39 is 46.6 Å². The Kier molecular flexibility index (Phi) is 4.44. The van der Waals surface area contributed by atoms with Crippen LogP contribution in [0.2, 0.25) is 0 Å². The van der Waals surface area contributed by atoms with Gasteiger partial charge in [-0.15, -0.1) is 0 Å². The maximum absolute atomic E-state index is 13.5. The van der Waals surface area contributed by atoms with Crippen LogP contribution in [-0.4, -0.2) is 5.91 Å². The summed E-state index contributed by atoms with van der Waals surface area (Å²) in [7, 11) is 0. The predicted octanol–water partition coefficient (Wildman–Crippen LogP) is 4.12. The fourth-order valence-electron chi connectivity index (χ4n) is 1.84. The summed E-state index contributed by atoms with van der Waals surface area (Å²) in [6, 6.07) is 8.21. The number of carbonyl (C=O) groups excluding carboxylic acids is 1. The van der Waals surface area contributed by atoms with Crippen molar-refractivity contribution in [1.82, 2.24) is 0 Å². The number of amides is 1. The summed E-state index contributed by atoms with van der Waals surface area (Å²) in [5.74, 6) is -12.4. The molecule has 2 rings (SSSR count). The zero-order valence-corrected chi connectivity index (χ0v) is 11.3. The molecule has 0 aromatic heterocycles. The first-order valence-corrected chi connectivity index (χ1v) is 6.21. The van der Waals surface area contributed by atoms with Crippen molar-refractivity contribution in [2.45, 2.75) is 12.8 Å². The van der Waals surface area contributed by atoms with Crippen LogP contribution in [0.1, 0.15) is 18.4 Å². The van der Waals surface area contributed by atoms with Gasteiger partial charge >= 0.3 is 0 Å². The number of anilines is 1. The van der Waals surface area contributed by atoms with Crippen LogP contribution in [0.15, 0.2) is 30.3 Å². The third-order valence-electron chi connectivity index (χ3n) is 3.15. The van der Waals surface area contributed by atoms with E-state index in [0.717, 1.165) is 0 Å². The lowest BCUT2D eigenvalue weighted by atomic mass is 10.0. The molecule has 0 heterocycles. The van der Waals surface area contributed by atoms with E-state index in [1.807, 2.05) is 0 Å². The van der Waals surface area contributed by atoms with Gasteiger partial charge in [-0.05, 0) is 12.5 Å². The standard InChI is InChI=1S/C15H10F5NO/c1-7(8-5-3-2-4-6-8)15(22)21-14-12(19)10(17)9(16)11(18)13(14)20/h2-7H,1H3,(H,21,22)/t7-/m1/s1. The van der Waals surface area contributed by atoms with Gasteiger partial charge in [-0.3, -0.25) is 4.79 Å². The summed E-state index contributed by atoms with van der Waals surface area (Å²) >= 11 is 0. The minimum Gasteiger partial charge on any atom is -0.320 e. The van der Waals surface area contributed by atoms with Crippen LogP contribution < -0.4 is 5.32 Å². The Morgan fingerprint density at radius 2 is 1.32 bits per heavy atom. The SMILES string of the molecule is C[C@@H](C(=O)Nc1c(F)c(F)c(F)c(F)c1F)c1ccccc1. The Morgan fingerprint density at radius 1 is 0.864 bits per heavy atom. The van der Waals surface area contributed by atoms with Gasteiger partial charge in [0, 0.05) is 0 Å². The highest BCUT2D eigenvalue weighted by Gasteiger charge is 2.28. The van der Waals surface area contributed by atoms with E-state index in [9.17, 15) is 26.7 Å². The van der Waals surface area contributed by atoms with Gasteiger partial charge in [0.05, 0.1) is 5.92 Å². The molecule has 1 N–H and O–H groups in total. The molecule has 1 atom stereocenters. The van der Waals surface area contributed by atoms with Crippen molar-refractivity contribution in [3.8, 4) is 0 Å². The minimum absolute atomic E-state index is 0.531. The summed E-state index contributed by atoms with van der Waals surface area (Å²) in [4.78, 5) is 11.9. The average Bonchev–Trinajstić information content (AvgIpc) is 2.55. The minimum atomic E-state index is -2.27.